The zero-order chi connectivity index (χ0) is 13.0. The smallest absolute Gasteiger partial charge is 0.247 e. The lowest BCUT2D eigenvalue weighted by molar-refractivity contribution is 0.389. The molecule has 2 rings (SSSR count). The Kier molecular flexibility index (Phi) is 3.60. The fourth-order valence-electron chi connectivity index (χ4n) is 1.59. The molecular weight excluding hydrogens is 226 g/mol. The molecule has 1 aromatic carbocycles. The van der Waals surface area contributed by atoms with Gasteiger partial charge in [0.1, 0.15) is 0 Å². The van der Waals surface area contributed by atoms with Gasteiger partial charge in [0.05, 0.1) is 5.69 Å². The van der Waals surface area contributed by atoms with Gasteiger partial charge in [-0.1, -0.05) is 44.1 Å². The standard InChI is InChI=1S/C13H19N5/c1-13(2,3)9-10-14-12-15-16-17-18(12)11-7-5-4-6-8-11/h4-8H,9-10H2,1-3H3,(H,14,15,17). The highest BCUT2D eigenvalue weighted by atomic mass is 15.6. The maximum atomic E-state index is 4.00. The molecule has 0 spiro atoms. The predicted molar refractivity (Wildman–Crippen MR) is 71.7 cm³/mol. The van der Waals surface area contributed by atoms with E-state index in [1.807, 2.05) is 30.3 Å². The van der Waals surface area contributed by atoms with Gasteiger partial charge >= 0.3 is 0 Å². The predicted octanol–water partition coefficient (Wildman–Crippen LogP) is 2.51. The number of aromatic nitrogens is 4. The zero-order valence-corrected chi connectivity index (χ0v) is 11.1. The number of anilines is 1. The molecule has 2 aromatic rings. The van der Waals surface area contributed by atoms with Crippen LogP contribution in [0.2, 0.25) is 0 Å². The average molecular weight is 245 g/mol. The van der Waals surface area contributed by atoms with Crippen molar-refractivity contribution in [3.8, 4) is 5.69 Å². The molecule has 1 heterocycles. The van der Waals surface area contributed by atoms with Gasteiger partial charge in [-0.05, 0) is 34.4 Å². The van der Waals surface area contributed by atoms with Gasteiger partial charge in [-0.2, -0.15) is 4.68 Å². The monoisotopic (exact) mass is 245 g/mol. The summed E-state index contributed by atoms with van der Waals surface area (Å²) >= 11 is 0. The lowest BCUT2D eigenvalue weighted by Crippen LogP contribution is -2.15. The Hall–Kier alpha value is -1.91. The summed E-state index contributed by atoms with van der Waals surface area (Å²) in [6, 6.07) is 9.86. The van der Waals surface area contributed by atoms with Crippen LogP contribution in [-0.2, 0) is 0 Å². The maximum absolute atomic E-state index is 4.00. The van der Waals surface area contributed by atoms with Gasteiger partial charge in [0.25, 0.3) is 0 Å². The third-order valence-corrected chi connectivity index (χ3v) is 2.63. The van der Waals surface area contributed by atoms with Crippen LogP contribution in [0.25, 0.3) is 5.69 Å². The van der Waals surface area contributed by atoms with Gasteiger partial charge < -0.3 is 5.32 Å². The second kappa shape index (κ2) is 5.16. The van der Waals surface area contributed by atoms with Crippen molar-refractivity contribution in [2.45, 2.75) is 27.2 Å². The van der Waals surface area contributed by atoms with E-state index in [2.05, 4.69) is 41.6 Å². The molecular formula is C13H19N5. The molecule has 96 valence electrons. The number of tetrazole rings is 1. The largest absolute Gasteiger partial charge is 0.353 e. The minimum Gasteiger partial charge on any atom is -0.353 e. The van der Waals surface area contributed by atoms with Crippen LogP contribution >= 0.6 is 0 Å². The molecule has 0 unspecified atom stereocenters. The molecule has 0 aliphatic heterocycles. The Balaban J connectivity index is 2.05. The molecule has 1 aromatic heterocycles. The number of nitrogens with zero attached hydrogens (tertiary/aromatic N) is 4. The number of hydrogen-bond acceptors (Lipinski definition) is 4. The number of rotatable bonds is 4. The highest BCUT2D eigenvalue weighted by Crippen LogP contribution is 2.18. The first-order valence-electron chi connectivity index (χ1n) is 6.14. The Morgan fingerprint density at radius 1 is 1.17 bits per heavy atom. The van der Waals surface area contributed by atoms with Crippen LogP contribution in [0.5, 0.6) is 0 Å². The zero-order valence-electron chi connectivity index (χ0n) is 11.1. The molecule has 18 heavy (non-hydrogen) atoms. The highest BCUT2D eigenvalue weighted by molar-refractivity contribution is 5.38. The summed E-state index contributed by atoms with van der Waals surface area (Å²) in [5.74, 6) is 0.686. The van der Waals surface area contributed by atoms with Crippen molar-refractivity contribution < 1.29 is 0 Å². The Bertz CT molecular complexity index is 484. The Labute approximate surface area is 107 Å². The fourth-order valence-corrected chi connectivity index (χ4v) is 1.59. The fraction of sp³-hybridized carbons (Fsp3) is 0.462. The van der Waals surface area contributed by atoms with Gasteiger partial charge in [0.2, 0.25) is 5.95 Å². The van der Waals surface area contributed by atoms with Crippen LogP contribution < -0.4 is 5.32 Å². The van der Waals surface area contributed by atoms with Gasteiger partial charge in [-0.15, -0.1) is 0 Å². The third kappa shape index (κ3) is 3.29. The van der Waals surface area contributed by atoms with Gasteiger partial charge in [-0.3, -0.25) is 0 Å². The van der Waals surface area contributed by atoms with Crippen molar-refractivity contribution in [2.24, 2.45) is 5.41 Å². The second-order valence-electron chi connectivity index (χ2n) is 5.49. The summed E-state index contributed by atoms with van der Waals surface area (Å²) in [6.45, 7) is 7.51. The molecule has 0 atom stereocenters. The minimum atomic E-state index is 0.304. The normalized spacial score (nSPS) is 11.5. The molecule has 1 N–H and O–H groups in total. The first-order valence-corrected chi connectivity index (χ1v) is 6.14. The summed E-state index contributed by atoms with van der Waals surface area (Å²) in [6.07, 6.45) is 1.06. The molecule has 0 aliphatic carbocycles. The molecule has 0 radical (unpaired) electrons. The van der Waals surface area contributed by atoms with Gasteiger partial charge in [0, 0.05) is 6.54 Å². The third-order valence-electron chi connectivity index (χ3n) is 2.63. The Morgan fingerprint density at radius 2 is 1.89 bits per heavy atom. The van der Waals surface area contributed by atoms with Gasteiger partial charge in [-0.25, -0.2) is 0 Å². The number of nitrogens with one attached hydrogen (secondary N) is 1. The first kappa shape index (κ1) is 12.5. The van der Waals surface area contributed by atoms with Crippen LogP contribution in [0.4, 0.5) is 5.95 Å². The van der Waals surface area contributed by atoms with E-state index in [1.165, 1.54) is 0 Å². The lowest BCUT2D eigenvalue weighted by atomic mass is 9.92. The molecule has 5 nitrogen and oxygen atoms in total. The number of hydrogen-bond donors (Lipinski definition) is 1. The van der Waals surface area contributed by atoms with Gasteiger partial charge in [0.15, 0.2) is 0 Å². The summed E-state index contributed by atoms with van der Waals surface area (Å²) in [5, 5.41) is 15.0. The van der Waals surface area contributed by atoms with E-state index >= 15 is 0 Å². The van der Waals surface area contributed by atoms with E-state index in [9.17, 15) is 0 Å². The van der Waals surface area contributed by atoms with Crippen LogP contribution in [0.15, 0.2) is 30.3 Å². The molecule has 5 heteroatoms. The van der Waals surface area contributed by atoms with E-state index < -0.39 is 0 Å². The lowest BCUT2D eigenvalue weighted by Gasteiger charge is -2.18. The molecule has 0 fully saturated rings. The van der Waals surface area contributed by atoms with Crippen molar-refractivity contribution in [3.63, 3.8) is 0 Å². The van der Waals surface area contributed by atoms with Crippen LogP contribution in [-0.4, -0.2) is 26.8 Å². The van der Waals surface area contributed by atoms with Crippen molar-refractivity contribution >= 4 is 5.95 Å². The van der Waals surface area contributed by atoms with Crippen molar-refractivity contribution in [2.75, 3.05) is 11.9 Å². The number of benzene rings is 1. The molecule has 0 amide bonds. The molecule has 0 bridgehead atoms. The van der Waals surface area contributed by atoms with Crippen LogP contribution in [0, 0.1) is 5.41 Å². The van der Waals surface area contributed by atoms with Crippen LogP contribution in [0.3, 0.4) is 0 Å². The topological polar surface area (TPSA) is 55.6 Å². The quantitative estimate of drug-likeness (QED) is 0.899. The molecule has 0 aliphatic rings. The molecule has 0 saturated carbocycles. The highest BCUT2D eigenvalue weighted by Gasteiger charge is 2.11. The number of para-hydroxylation sites is 1. The summed E-state index contributed by atoms with van der Waals surface area (Å²) in [7, 11) is 0. The Morgan fingerprint density at radius 3 is 2.56 bits per heavy atom. The molecule has 0 saturated heterocycles. The van der Waals surface area contributed by atoms with E-state index in [1.54, 1.807) is 4.68 Å². The van der Waals surface area contributed by atoms with E-state index in [0.717, 1.165) is 18.7 Å². The first-order chi connectivity index (χ1) is 8.56. The summed E-state index contributed by atoms with van der Waals surface area (Å²) < 4.78 is 1.71. The second-order valence-corrected chi connectivity index (χ2v) is 5.49. The minimum absolute atomic E-state index is 0.304. The van der Waals surface area contributed by atoms with Crippen molar-refractivity contribution in [3.05, 3.63) is 30.3 Å². The summed E-state index contributed by atoms with van der Waals surface area (Å²) in [5.41, 5.74) is 1.26. The van der Waals surface area contributed by atoms with Crippen molar-refractivity contribution in [1.82, 2.24) is 20.2 Å². The maximum Gasteiger partial charge on any atom is 0.247 e. The van der Waals surface area contributed by atoms with E-state index in [-0.39, 0.29) is 0 Å². The van der Waals surface area contributed by atoms with Crippen molar-refractivity contribution in [1.29, 1.82) is 0 Å². The SMILES string of the molecule is CC(C)(C)CCNc1nnnn1-c1ccccc1. The average Bonchev–Trinajstić information content (AvgIpc) is 2.77. The van der Waals surface area contributed by atoms with E-state index in [0.29, 0.717) is 11.4 Å². The summed E-state index contributed by atoms with van der Waals surface area (Å²) in [4.78, 5) is 0. The van der Waals surface area contributed by atoms with E-state index in [4.69, 9.17) is 0 Å². The van der Waals surface area contributed by atoms with Crippen LogP contribution in [0.1, 0.15) is 27.2 Å².